The number of benzene rings is 1. The van der Waals surface area contributed by atoms with Crippen LogP contribution in [0.4, 0.5) is 0 Å². The minimum absolute atomic E-state index is 0.958. The standard InChI is InChI=1S/C13H15N/c1-10-3-6-12(7-4-10)13-8-5-11(2)9-14-13/h3-8,14H,9H2,1-2H3. The average Bonchev–Trinajstić information content (AvgIpc) is 2.21. The van der Waals surface area contributed by atoms with Gasteiger partial charge in [-0.25, -0.2) is 0 Å². The summed E-state index contributed by atoms with van der Waals surface area (Å²) < 4.78 is 0. The van der Waals surface area contributed by atoms with Crippen LogP contribution >= 0.6 is 0 Å². The Morgan fingerprint density at radius 1 is 1.00 bits per heavy atom. The van der Waals surface area contributed by atoms with Crippen LogP contribution in [-0.2, 0) is 0 Å². The van der Waals surface area contributed by atoms with Crippen LogP contribution in [0.25, 0.3) is 5.70 Å². The molecule has 1 heteroatoms. The number of allylic oxidation sites excluding steroid dienone is 2. The third kappa shape index (κ3) is 1.87. The molecule has 0 fully saturated rings. The van der Waals surface area contributed by atoms with Gasteiger partial charge in [0.1, 0.15) is 0 Å². The maximum Gasteiger partial charge on any atom is 0.0416 e. The van der Waals surface area contributed by atoms with Crippen molar-refractivity contribution >= 4 is 5.70 Å². The van der Waals surface area contributed by atoms with E-state index in [2.05, 4.69) is 55.6 Å². The van der Waals surface area contributed by atoms with E-state index >= 15 is 0 Å². The largest absolute Gasteiger partial charge is 0.381 e. The molecule has 1 aromatic rings. The Labute approximate surface area is 85.2 Å². The van der Waals surface area contributed by atoms with Crippen LogP contribution in [-0.4, -0.2) is 6.54 Å². The fourth-order valence-corrected chi connectivity index (χ4v) is 1.51. The fourth-order valence-electron chi connectivity index (χ4n) is 1.51. The van der Waals surface area contributed by atoms with Crippen molar-refractivity contribution in [3.8, 4) is 0 Å². The van der Waals surface area contributed by atoms with Crippen molar-refractivity contribution in [1.82, 2.24) is 5.32 Å². The van der Waals surface area contributed by atoms with Gasteiger partial charge in [0.15, 0.2) is 0 Å². The molecule has 1 aliphatic rings. The van der Waals surface area contributed by atoms with Crippen LogP contribution in [0, 0.1) is 6.92 Å². The SMILES string of the molecule is CC1=CC=C(c2ccc(C)cc2)NC1. The molecule has 0 saturated carbocycles. The third-order valence-electron chi connectivity index (χ3n) is 2.45. The van der Waals surface area contributed by atoms with E-state index in [1.165, 1.54) is 22.4 Å². The van der Waals surface area contributed by atoms with Crippen LogP contribution < -0.4 is 5.32 Å². The molecule has 0 spiro atoms. The molecule has 0 amide bonds. The van der Waals surface area contributed by atoms with Crippen molar-refractivity contribution in [3.63, 3.8) is 0 Å². The lowest BCUT2D eigenvalue weighted by molar-refractivity contribution is 0.941. The predicted octanol–water partition coefficient (Wildman–Crippen LogP) is 2.89. The first-order chi connectivity index (χ1) is 6.75. The number of dihydropyridines is 1. The van der Waals surface area contributed by atoms with E-state index in [4.69, 9.17) is 0 Å². The van der Waals surface area contributed by atoms with Gasteiger partial charge in [-0.1, -0.05) is 41.5 Å². The van der Waals surface area contributed by atoms with Crippen molar-refractivity contribution < 1.29 is 0 Å². The van der Waals surface area contributed by atoms with E-state index < -0.39 is 0 Å². The summed E-state index contributed by atoms with van der Waals surface area (Å²) in [5.41, 5.74) is 5.16. The average molecular weight is 185 g/mol. The molecular weight excluding hydrogens is 170 g/mol. The van der Waals surface area contributed by atoms with Gasteiger partial charge in [-0.05, 0) is 25.5 Å². The van der Waals surface area contributed by atoms with Crippen LogP contribution in [0.15, 0.2) is 42.0 Å². The molecule has 0 aromatic heterocycles. The van der Waals surface area contributed by atoms with Gasteiger partial charge < -0.3 is 5.32 Å². The second-order valence-corrected chi connectivity index (χ2v) is 3.81. The maximum atomic E-state index is 3.40. The fraction of sp³-hybridized carbons (Fsp3) is 0.231. The summed E-state index contributed by atoms with van der Waals surface area (Å²) in [4.78, 5) is 0. The summed E-state index contributed by atoms with van der Waals surface area (Å²) in [5.74, 6) is 0. The summed E-state index contributed by atoms with van der Waals surface area (Å²) in [6.07, 6.45) is 4.31. The molecule has 0 aliphatic carbocycles. The molecule has 1 nitrogen and oxygen atoms in total. The second kappa shape index (κ2) is 3.70. The van der Waals surface area contributed by atoms with E-state index in [1.807, 2.05) is 0 Å². The minimum atomic E-state index is 0.958. The van der Waals surface area contributed by atoms with Crippen molar-refractivity contribution in [1.29, 1.82) is 0 Å². The highest BCUT2D eigenvalue weighted by molar-refractivity contribution is 5.67. The Morgan fingerprint density at radius 2 is 1.71 bits per heavy atom. The second-order valence-electron chi connectivity index (χ2n) is 3.81. The normalized spacial score (nSPS) is 15.6. The monoisotopic (exact) mass is 185 g/mol. The summed E-state index contributed by atoms with van der Waals surface area (Å²) in [6, 6.07) is 8.59. The highest BCUT2D eigenvalue weighted by Gasteiger charge is 2.03. The molecule has 0 bridgehead atoms. The molecule has 0 saturated heterocycles. The molecule has 1 aliphatic heterocycles. The molecular formula is C13H15N. The quantitative estimate of drug-likeness (QED) is 0.709. The lowest BCUT2D eigenvalue weighted by Gasteiger charge is -2.15. The summed E-state index contributed by atoms with van der Waals surface area (Å²) >= 11 is 0. The number of hydrogen-bond donors (Lipinski definition) is 1. The Bertz CT molecular complexity index is 382. The van der Waals surface area contributed by atoms with Crippen LogP contribution in [0.3, 0.4) is 0 Å². The topological polar surface area (TPSA) is 12.0 Å². The van der Waals surface area contributed by atoms with Crippen LogP contribution in [0.5, 0.6) is 0 Å². The molecule has 2 rings (SSSR count). The molecule has 14 heavy (non-hydrogen) atoms. The highest BCUT2D eigenvalue weighted by atomic mass is 14.9. The number of nitrogens with one attached hydrogen (secondary N) is 1. The Balaban J connectivity index is 2.28. The van der Waals surface area contributed by atoms with Gasteiger partial charge in [0.05, 0.1) is 0 Å². The van der Waals surface area contributed by atoms with Crippen molar-refractivity contribution in [2.45, 2.75) is 13.8 Å². The van der Waals surface area contributed by atoms with Gasteiger partial charge in [0.2, 0.25) is 0 Å². The Hall–Kier alpha value is -1.50. The van der Waals surface area contributed by atoms with Crippen LogP contribution in [0.2, 0.25) is 0 Å². The predicted molar refractivity (Wildman–Crippen MR) is 60.9 cm³/mol. The van der Waals surface area contributed by atoms with Gasteiger partial charge in [0, 0.05) is 12.2 Å². The maximum absolute atomic E-state index is 3.40. The molecule has 0 radical (unpaired) electrons. The zero-order chi connectivity index (χ0) is 9.97. The first kappa shape index (κ1) is 9.07. The van der Waals surface area contributed by atoms with E-state index in [0.717, 1.165) is 6.54 Å². The van der Waals surface area contributed by atoms with Crippen LogP contribution in [0.1, 0.15) is 18.1 Å². The van der Waals surface area contributed by atoms with E-state index in [9.17, 15) is 0 Å². The lowest BCUT2D eigenvalue weighted by Crippen LogP contribution is -2.17. The molecule has 72 valence electrons. The smallest absolute Gasteiger partial charge is 0.0416 e. The minimum Gasteiger partial charge on any atom is -0.381 e. The third-order valence-corrected chi connectivity index (χ3v) is 2.45. The van der Waals surface area contributed by atoms with E-state index in [1.54, 1.807) is 0 Å². The van der Waals surface area contributed by atoms with Gasteiger partial charge in [0.25, 0.3) is 0 Å². The number of hydrogen-bond acceptors (Lipinski definition) is 1. The molecule has 1 N–H and O–H groups in total. The molecule has 1 aromatic carbocycles. The molecule has 1 heterocycles. The van der Waals surface area contributed by atoms with E-state index in [0.29, 0.717) is 0 Å². The number of aryl methyl sites for hydroxylation is 1. The highest BCUT2D eigenvalue weighted by Crippen LogP contribution is 2.15. The summed E-state index contributed by atoms with van der Waals surface area (Å²) in [5, 5.41) is 3.40. The number of rotatable bonds is 1. The lowest BCUT2D eigenvalue weighted by atomic mass is 10.1. The van der Waals surface area contributed by atoms with Crippen molar-refractivity contribution in [2.75, 3.05) is 6.54 Å². The van der Waals surface area contributed by atoms with Gasteiger partial charge in [-0.3, -0.25) is 0 Å². The Morgan fingerprint density at radius 3 is 2.29 bits per heavy atom. The first-order valence-corrected chi connectivity index (χ1v) is 4.94. The van der Waals surface area contributed by atoms with E-state index in [-0.39, 0.29) is 0 Å². The molecule has 0 unspecified atom stereocenters. The molecule has 0 atom stereocenters. The summed E-state index contributed by atoms with van der Waals surface area (Å²) in [6.45, 7) is 5.20. The van der Waals surface area contributed by atoms with Crippen molar-refractivity contribution in [2.24, 2.45) is 0 Å². The van der Waals surface area contributed by atoms with Gasteiger partial charge >= 0.3 is 0 Å². The zero-order valence-corrected chi connectivity index (χ0v) is 8.67. The first-order valence-electron chi connectivity index (χ1n) is 4.94. The van der Waals surface area contributed by atoms with Crippen molar-refractivity contribution in [3.05, 3.63) is 53.1 Å². The Kier molecular flexibility index (Phi) is 2.40. The van der Waals surface area contributed by atoms with Gasteiger partial charge in [-0.2, -0.15) is 0 Å². The zero-order valence-electron chi connectivity index (χ0n) is 8.67. The van der Waals surface area contributed by atoms with Gasteiger partial charge in [-0.15, -0.1) is 0 Å². The summed E-state index contributed by atoms with van der Waals surface area (Å²) in [7, 11) is 0.